The second-order valence-electron chi connectivity index (χ2n) is 4.54. The van der Waals surface area contributed by atoms with Gasteiger partial charge in [-0.15, -0.1) is 11.3 Å². The van der Waals surface area contributed by atoms with Crippen LogP contribution in [0.3, 0.4) is 0 Å². The molecule has 0 aromatic carbocycles. The Morgan fingerprint density at radius 3 is 2.47 bits per heavy atom. The molecule has 94 valence electrons. The fourth-order valence-electron chi connectivity index (χ4n) is 2.49. The van der Waals surface area contributed by atoms with Crippen molar-refractivity contribution in [3.63, 3.8) is 0 Å². The first-order valence-electron chi connectivity index (χ1n) is 6.02. The van der Waals surface area contributed by atoms with Gasteiger partial charge < -0.3 is 4.74 Å². The van der Waals surface area contributed by atoms with E-state index in [0.717, 1.165) is 35.0 Å². The van der Waals surface area contributed by atoms with Gasteiger partial charge in [0.15, 0.2) is 0 Å². The van der Waals surface area contributed by atoms with E-state index >= 15 is 0 Å². The Labute approximate surface area is 114 Å². The molecule has 1 aromatic heterocycles. The molecule has 1 fully saturated rings. The SMILES string of the molecule is COC1(C(=O)c2sccc2Br)CCCCCC1. The minimum absolute atomic E-state index is 0.156. The van der Waals surface area contributed by atoms with Gasteiger partial charge in [0, 0.05) is 11.6 Å². The zero-order chi connectivity index (χ0) is 12.3. The number of halogens is 1. The van der Waals surface area contributed by atoms with Crippen molar-refractivity contribution in [2.24, 2.45) is 0 Å². The highest BCUT2D eigenvalue weighted by atomic mass is 79.9. The van der Waals surface area contributed by atoms with Gasteiger partial charge in [0.1, 0.15) is 5.60 Å². The molecular weight excluding hydrogens is 300 g/mol. The highest BCUT2D eigenvalue weighted by molar-refractivity contribution is 9.10. The summed E-state index contributed by atoms with van der Waals surface area (Å²) >= 11 is 4.94. The zero-order valence-corrected chi connectivity index (χ0v) is 12.4. The highest BCUT2D eigenvalue weighted by Gasteiger charge is 2.40. The van der Waals surface area contributed by atoms with Crippen LogP contribution in [-0.4, -0.2) is 18.5 Å². The van der Waals surface area contributed by atoms with Gasteiger partial charge in [-0.3, -0.25) is 4.79 Å². The van der Waals surface area contributed by atoms with E-state index in [1.807, 2.05) is 11.4 Å². The summed E-state index contributed by atoms with van der Waals surface area (Å²) in [6, 6.07) is 1.93. The summed E-state index contributed by atoms with van der Waals surface area (Å²) < 4.78 is 6.53. The monoisotopic (exact) mass is 316 g/mol. The van der Waals surface area contributed by atoms with Gasteiger partial charge in [-0.25, -0.2) is 0 Å². The first-order valence-corrected chi connectivity index (χ1v) is 7.70. The molecule has 0 radical (unpaired) electrons. The molecule has 17 heavy (non-hydrogen) atoms. The first kappa shape index (κ1) is 13.2. The molecule has 0 unspecified atom stereocenters. The maximum absolute atomic E-state index is 12.6. The molecule has 2 rings (SSSR count). The molecule has 0 atom stereocenters. The Bertz CT molecular complexity index is 392. The minimum Gasteiger partial charge on any atom is -0.370 e. The van der Waals surface area contributed by atoms with Gasteiger partial charge in [0.25, 0.3) is 0 Å². The van der Waals surface area contributed by atoms with Crippen LogP contribution in [0.25, 0.3) is 0 Å². The predicted octanol–water partition coefficient (Wildman–Crippen LogP) is 4.43. The number of thiophene rings is 1. The topological polar surface area (TPSA) is 26.3 Å². The molecule has 1 aromatic rings. The highest BCUT2D eigenvalue weighted by Crippen LogP contribution is 2.36. The van der Waals surface area contributed by atoms with Crippen LogP contribution in [-0.2, 0) is 4.74 Å². The van der Waals surface area contributed by atoms with E-state index in [2.05, 4.69) is 15.9 Å². The summed E-state index contributed by atoms with van der Waals surface area (Å²) in [6.45, 7) is 0. The lowest BCUT2D eigenvalue weighted by Crippen LogP contribution is -2.40. The average molecular weight is 317 g/mol. The molecule has 1 saturated carbocycles. The maximum Gasteiger partial charge on any atom is 0.205 e. The average Bonchev–Trinajstić information content (AvgIpc) is 2.64. The molecule has 0 spiro atoms. The smallest absolute Gasteiger partial charge is 0.205 e. The first-order chi connectivity index (χ1) is 8.19. The Morgan fingerprint density at radius 2 is 2.00 bits per heavy atom. The number of Topliss-reactive ketones (excluding diaryl/α,β-unsaturated/α-hetero) is 1. The van der Waals surface area contributed by atoms with Gasteiger partial charge in [0.05, 0.1) is 4.88 Å². The third-order valence-electron chi connectivity index (χ3n) is 3.54. The fourth-order valence-corrected chi connectivity index (χ4v) is 4.07. The second-order valence-corrected chi connectivity index (χ2v) is 6.31. The van der Waals surface area contributed by atoms with E-state index in [9.17, 15) is 4.79 Å². The lowest BCUT2D eigenvalue weighted by Gasteiger charge is -2.29. The molecule has 0 N–H and O–H groups in total. The fraction of sp³-hybridized carbons (Fsp3) is 0.615. The molecule has 1 aliphatic carbocycles. The van der Waals surface area contributed by atoms with Crippen LogP contribution in [0.5, 0.6) is 0 Å². The van der Waals surface area contributed by atoms with Crippen molar-refractivity contribution in [3.05, 3.63) is 20.8 Å². The molecule has 0 bridgehead atoms. The van der Waals surface area contributed by atoms with Crippen LogP contribution in [0.4, 0.5) is 0 Å². The number of hydrogen-bond acceptors (Lipinski definition) is 3. The minimum atomic E-state index is -0.579. The molecule has 0 saturated heterocycles. The van der Waals surface area contributed by atoms with E-state index in [1.54, 1.807) is 7.11 Å². The summed E-state index contributed by atoms with van der Waals surface area (Å²) in [7, 11) is 1.67. The third-order valence-corrected chi connectivity index (χ3v) is 5.38. The second kappa shape index (κ2) is 5.63. The van der Waals surface area contributed by atoms with Crippen molar-refractivity contribution < 1.29 is 9.53 Å². The predicted molar refractivity (Wildman–Crippen MR) is 73.8 cm³/mol. The molecule has 0 aliphatic heterocycles. The number of rotatable bonds is 3. The van der Waals surface area contributed by atoms with E-state index in [4.69, 9.17) is 4.74 Å². The maximum atomic E-state index is 12.6. The Balaban J connectivity index is 2.28. The Kier molecular flexibility index (Phi) is 4.39. The largest absolute Gasteiger partial charge is 0.370 e. The molecule has 4 heteroatoms. The molecule has 2 nitrogen and oxygen atoms in total. The summed E-state index contributed by atoms with van der Waals surface area (Å²) in [4.78, 5) is 13.4. The lowest BCUT2D eigenvalue weighted by molar-refractivity contribution is -0.00663. The van der Waals surface area contributed by atoms with Crippen molar-refractivity contribution >= 4 is 33.0 Å². The summed E-state index contributed by atoms with van der Waals surface area (Å²) in [5, 5.41) is 1.94. The van der Waals surface area contributed by atoms with Gasteiger partial charge in [-0.2, -0.15) is 0 Å². The summed E-state index contributed by atoms with van der Waals surface area (Å²) in [6.07, 6.45) is 6.30. The Morgan fingerprint density at radius 1 is 1.35 bits per heavy atom. The van der Waals surface area contributed by atoms with Crippen LogP contribution < -0.4 is 0 Å². The molecule has 0 amide bonds. The van der Waals surface area contributed by atoms with Gasteiger partial charge in [-0.05, 0) is 40.2 Å². The molecular formula is C13H17BrO2S. The van der Waals surface area contributed by atoms with Crippen molar-refractivity contribution in [2.75, 3.05) is 7.11 Å². The van der Waals surface area contributed by atoms with E-state index < -0.39 is 5.60 Å². The number of ketones is 1. The van der Waals surface area contributed by atoms with Crippen LogP contribution in [0.1, 0.15) is 48.2 Å². The number of ether oxygens (including phenoxy) is 1. The molecule has 1 aliphatic rings. The van der Waals surface area contributed by atoms with E-state index in [0.29, 0.717) is 0 Å². The standard InChI is InChI=1S/C13H17BrO2S/c1-16-13(7-4-2-3-5-8-13)12(15)11-10(14)6-9-17-11/h6,9H,2-5,7-8H2,1H3. The van der Waals surface area contributed by atoms with Gasteiger partial charge in [-0.1, -0.05) is 25.7 Å². The van der Waals surface area contributed by atoms with E-state index in [-0.39, 0.29) is 5.78 Å². The van der Waals surface area contributed by atoms with Crippen molar-refractivity contribution in [1.82, 2.24) is 0 Å². The normalized spacial score (nSPS) is 19.9. The van der Waals surface area contributed by atoms with Crippen LogP contribution >= 0.6 is 27.3 Å². The van der Waals surface area contributed by atoms with Crippen LogP contribution in [0.2, 0.25) is 0 Å². The summed E-state index contributed by atoms with van der Waals surface area (Å²) in [5.41, 5.74) is -0.579. The quantitative estimate of drug-likeness (QED) is 0.609. The van der Waals surface area contributed by atoms with Crippen molar-refractivity contribution in [2.45, 2.75) is 44.1 Å². The lowest BCUT2D eigenvalue weighted by atomic mass is 9.88. The zero-order valence-electron chi connectivity index (χ0n) is 10.0. The van der Waals surface area contributed by atoms with Crippen LogP contribution in [0, 0.1) is 0 Å². The number of hydrogen-bond donors (Lipinski definition) is 0. The molecule has 1 heterocycles. The third kappa shape index (κ3) is 2.64. The van der Waals surface area contributed by atoms with Crippen LogP contribution in [0.15, 0.2) is 15.9 Å². The van der Waals surface area contributed by atoms with Crippen molar-refractivity contribution in [1.29, 1.82) is 0 Å². The Hall–Kier alpha value is -0.190. The number of carbonyl (C=O) groups is 1. The van der Waals surface area contributed by atoms with Gasteiger partial charge in [0.2, 0.25) is 5.78 Å². The van der Waals surface area contributed by atoms with Crippen molar-refractivity contribution in [3.8, 4) is 0 Å². The number of methoxy groups -OCH3 is 1. The summed E-state index contributed by atoms with van der Waals surface area (Å²) in [5.74, 6) is 0.156. The number of carbonyl (C=O) groups excluding carboxylic acids is 1. The van der Waals surface area contributed by atoms with E-state index in [1.165, 1.54) is 24.2 Å². The van der Waals surface area contributed by atoms with Gasteiger partial charge >= 0.3 is 0 Å².